The molecule has 0 atom stereocenters. The lowest BCUT2D eigenvalue weighted by Crippen LogP contribution is -2.15. The highest BCUT2D eigenvalue weighted by Crippen LogP contribution is 2.22. The summed E-state index contributed by atoms with van der Waals surface area (Å²) in [6.45, 7) is 0. The molecule has 0 unspecified atom stereocenters. The van der Waals surface area contributed by atoms with Gasteiger partial charge in [0.25, 0.3) is 5.91 Å². The molecule has 3 rings (SSSR count). The van der Waals surface area contributed by atoms with Crippen LogP contribution in [-0.4, -0.2) is 21.1 Å². The quantitative estimate of drug-likeness (QED) is 0.705. The topological polar surface area (TPSA) is 70.7 Å². The third-order valence-corrected chi connectivity index (χ3v) is 2.82. The zero-order valence-electron chi connectivity index (χ0n) is 10.0. The summed E-state index contributed by atoms with van der Waals surface area (Å²) in [6, 6.07) is 6.25. The van der Waals surface area contributed by atoms with Gasteiger partial charge in [-0.05, 0) is 18.2 Å². The van der Waals surface area contributed by atoms with Crippen LogP contribution >= 0.6 is 0 Å². The Bertz CT molecular complexity index is 800. The number of amides is 1. The van der Waals surface area contributed by atoms with E-state index in [0.29, 0.717) is 11.1 Å². The third kappa shape index (κ3) is 1.99. The van der Waals surface area contributed by atoms with Gasteiger partial charge in [-0.1, -0.05) is 6.07 Å². The second-order valence-corrected chi connectivity index (χ2v) is 4.05. The molecule has 7 heteroatoms. The Morgan fingerprint density at radius 3 is 2.95 bits per heavy atom. The molecule has 0 aliphatic heterocycles. The van der Waals surface area contributed by atoms with E-state index < -0.39 is 23.2 Å². The second kappa shape index (κ2) is 4.69. The number of hydrogen-bond donors (Lipinski definition) is 2. The average molecular weight is 274 g/mol. The number of nitrogens with one attached hydrogen (secondary N) is 2. The maximum absolute atomic E-state index is 13.5. The molecule has 5 nitrogen and oxygen atoms in total. The lowest BCUT2D eigenvalue weighted by Gasteiger charge is -2.07. The molecule has 1 amide bonds. The molecule has 2 heterocycles. The van der Waals surface area contributed by atoms with Crippen LogP contribution in [0.5, 0.6) is 0 Å². The van der Waals surface area contributed by atoms with Crippen molar-refractivity contribution in [3.05, 3.63) is 54.0 Å². The Hall–Kier alpha value is -2.83. The fourth-order valence-corrected chi connectivity index (χ4v) is 1.86. The molecule has 0 fully saturated rings. The number of hydrogen-bond acceptors (Lipinski definition) is 3. The number of H-pyrrole nitrogens is 1. The summed E-state index contributed by atoms with van der Waals surface area (Å²) in [5.74, 6) is -3.33. The number of halogens is 2. The molecule has 100 valence electrons. The van der Waals surface area contributed by atoms with Gasteiger partial charge in [-0.25, -0.2) is 9.37 Å². The van der Waals surface area contributed by atoms with Crippen LogP contribution in [0.1, 0.15) is 10.4 Å². The predicted molar refractivity (Wildman–Crippen MR) is 68.2 cm³/mol. The Morgan fingerprint density at radius 2 is 2.10 bits per heavy atom. The van der Waals surface area contributed by atoms with E-state index in [1.165, 1.54) is 6.20 Å². The van der Waals surface area contributed by atoms with E-state index >= 15 is 0 Å². The number of rotatable bonds is 2. The van der Waals surface area contributed by atoms with Crippen LogP contribution in [0.3, 0.4) is 0 Å². The Balaban J connectivity index is 1.97. The van der Waals surface area contributed by atoms with Crippen LogP contribution in [0, 0.1) is 11.8 Å². The molecule has 0 aliphatic rings. The predicted octanol–water partition coefficient (Wildman–Crippen LogP) is 2.49. The summed E-state index contributed by atoms with van der Waals surface area (Å²) in [5.41, 5.74) is 0.778. The highest BCUT2D eigenvalue weighted by Gasteiger charge is 2.17. The van der Waals surface area contributed by atoms with Crippen molar-refractivity contribution >= 4 is 22.5 Å². The van der Waals surface area contributed by atoms with Gasteiger partial charge in [0.05, 0.1) is 23.0 Å². The van der Waals surface area contributed by atoms with Gasteiger partial charge >= 0.3 is 0 Å². The number of aromatic nitrogens is 3. The standard InChI is InChI=1S/C13H8F2N4O/c14-11-7(4-5-16-12(11)15)13(20)18-9-2-1-3-10-8(9)6-17-19-10/h1-6H,(H,17,19)(H,18,20). The number of aromatic amines is 1. The van der Waals surface area contributed by atoms with Crippen molar-refractivity contribution < 1.29 is 13.6 Å². The summed E-state index contributed by atoms with van der Waals surface area (Å²) in [4.78, 5) is 15.1. The van der Waals surface area contributed by atoms with Crippen LogP contribution in [0.15, 0.2) is 36.7 Å². The summed E-state index contributed by atoms with van der Waals surface area (Å²) in [6.07, 6.45) is 2.57. The van der Waals surface area contributed by atoms with Gasteiger partial charge in [0.1, 0.15) is 0 Å². The minimum atomic E-state index is -1.31. The SMILES string of the molecule is O=C(Nc1cccc2[nH]ncc12)c1ccnc(F)c1F. The number of nitrogens with zero attached hydrogens (tertiary/aromatic N) is 2. The lowest BCUT2D eigenvalue weighted by molar-refractivity contribution is 0.102. The number of carbonyl (C=O) groups is 1. The van der Waals surface area contributed by atoms with E-state index in [0.717, 1.165) is 17.8 Å². The fourth-order valence-electron chi connectivity index (χ4n) is 1.86. The summed E-state index contributed by atoms with van der Waals surface area (Å²) in [5, 5.41) is 9.80. The number of pyridine rings is 1. The molecule has 0 saturated carbocycles. The van der Waals surface area contributed by atoms with E-state index in [1.54, 1.807) is 18.2 Å². The number of fused-ring (bicyclic) bond motifs is 1. The van der Waals surface area contributed by atoms with Gasteiger partial charge in [-0.15, -0.1) is 0 Å². The van der Waals surface area contributed by atoms with Crippen molar-refractivity contribution in [1.82, 2.24) is 15.2 Å². The van der Waals surface area contributed by atoms with E-state index in [4.69, 9.17) is 0 Å². The van der Waals surface area contributed by atoms with Gasteiger partial charge in [-0.3, -0.25) is 9.89 Å². The number of anilines is 1. The normalized spacial score (nSPS) is 10.7. The first-order valence-corrected chi connectivity index (χ1v) is 5.70. The average Bonchev–Trinajstić information content (AvgIpc) is 2.91. The van der Waals surface area contributed by atoms with E-state index in [9.17, 15) is 13.6 Å². The molecule has 0 spiro atoms. The Kier molecular flexibility index (Phi) is 2.86. The first-order chi connectivity index (χ1) is 9.66. The van der Waals surface area contributed by atoms with Crippen LogP contribution in [0.4, 0.5) is 14.5 Å². The summed E-state index contributed by atoms with van der Waals surface area (Å²) >= 11 is 0. The fraction of sp³-hybridized carbons (Fsp3) is 0. The maximum atomic E-state index is 13.5. The maximum Gasteiger partial charge on any atom is 0.258 e. The molecule has 1 aromatic carbocycles. The number of benzene rings is 1. The van der Waals surface area contributed by atoms with E-state index in [2.05, 4.69) is 20.5 Å². The zero-order chi connectivity index (χ0) is 14.1. The van der Waals surface area contributed by atoms with Crippen molar-refractivity contribution in [2.75, 3.05) is 5.32 Å². The molecule has 3 aromatic rings. The minimum Gasteiger partial charge on any atom is -0.321 e. The van der Waals surface area contributed by atoms with Gasteiger partial charge in [-0.2, -0.15) is 9.49 Å². The van der Waals surface area contributed by atoms with Crippen molar-refractivity contribution in [2.24, 2.45) is 0 Å². The van der Waals surface area contributed by atoms with Gasteiger partial charge in [0.2, 0.25) is 5.95 Å². The molecule has 0 bridgehead atoms. The highest BCUT2D eigenvalue weighted by atomic mass is 19.2. The van der Waals surface area contributed by atoms with Crippen molar-refractivity contribution in [1.29, 1.82) is 0 Å². The molecule has 2 N–H and O–H groups in total. The molecule has 0 aliphatic carbocycles. The largest absolute Gasteiger partial charge is 0.321 e. The monoisotopic (exact) mass is 274 g/mol. The van der Waals surface area contributed by atoms with Gasteiger partial charge in [0.15, 0.2) is 5.82 Å². The highest BCUT2D eigenvalue weighted by molar-refractivity contribution is 6.08. The van der Waals surface area contributed by atoms with E-state index in [1.807, 2.05) is 0 Å². The van der Waals surface area contributed by atoms with Gasteiger partial charge < -0.3 is 5.32 Å². The first-order valence-electron chi connectivity index (χ1n) is 5.70. The molecule has 20 heavy (non-hydrogen) atoms. The van der Waals surface area contributed by atoms with Crippen LogP contribution in [0.2, 0.25) is 0 Å². The molecule has 2 aromatic heterocycles. The summed E-state index contributed by atoms with van der Waals surface area (Å²) < 4.78 is 26.5. The molecule has 0 radical (unpaired) electrons. The Morgan fingerprint density at radius 1 is 1.25 bits per heavy atom. The second-order valence-electron chi connectivity index (χ2n) is 4.05. The third-order valence-electron chi connectivity index (χ3n) is 2.82. The van der Waals surface area contributed by atoms with Gasteiger partial charge in [0, 0.05) is 11.6 Å². The molecular formula is C13H8F2N4O. The smallest absolute Gasteiger partial charge is 0.258 e. The van der Waals surface area contributed by atoms with Crippen molar-refractivity contribution in [2.45, 2.75) is 0 Å². The minimum absolute atomic E-state index is 0.405. The Labute approximate surface area is 111 Å². The van der Waals surface area contributed by atoms with Crippen molar-refractivity contribution in [3.8, 4) is 0 Å². The van der Waals surface area contributed by atoms with Crippen LogP contribution in [0.25, 0.3) is 10.9 Å². The number of carbonyl (C=O) groups excluding carboxylic acids is 1. The van der Waals surface area contributed by atoms with Crippen molar-refractivity contribution in [3.63, 3.8) is 0 Å². The molecule has 0 saturated heterocycles. The molecular weight excluding hydrogens is 266 g/mol. The van der Waals surface area contributed by atoms with E-state index in [-0.39, 0.29) is 0 Å². The summed E-state index contributed by atoms with van der Waals surface area (Å²) in [7, 11) is 0. The first kappa shape index (κ1) is 12.2. The lowest BCUT2D eigenvalue weighted by atomic mass is 10.2. The van der Waals surface area contributed by atoms with Crippen LogP contribution in [-0.2, 0) is 0 Å². The van der Waals surface area contributed by atoms with Crippen LogP contribution < -0.4 is 5.32 Å². The zero-order valence-corrected chi connectivity index (χ0v) is 10.0.